The SMILES string of the molecule is CCOc1ccc(NC(=O)c2ccc(Br)o2)cc1F. The Labute approximate surface area is 117 Å². The van der Waals surface area contributed by atoms with Gasteiger partial charge in [0.1, 0.15) is 0 Å². The van der Waals surface area contributed by atoms with Gasteiger partial charge in [-0.2, -0.15) is 0 Å². The van der Waals surface area contributed by atoms with E-state index in [1.165, 1.54) is 18.2 Å². The maximum atomic E-state index is 13.6. The number of amides is 1. The topological polar surface area (TPSA) is 51.5 Å². The van der Waals surface area contributed by atoms with Gasteiger partial charge in [0.05, 0.1) is 6.61 Å². The summed E-state index contributed by atoms with van der Waals surface area (Å²) in [4.78, 5) is 11.8. The second-order valence-corrected chi connectivity index (χ2v) is 4.42. The average molecular weight is 328 g/mol. The van der Waals surface area contributed by atoms with Gasteiger partial charge in [-0.1, -0.05) is 0 Å². The van der Waals surface area contributed by atoms with Crippen LogP contribution >= 0.6 is 15.9 Å². The zero-order chi connectivity index (χ0) is 13.8. The molecule has 2 rings (SSSR count). The van der Waals surface area contributed by atoms with Crippen molar-refractivity contribution in [3.63, 3.8) is 0 Å². The number of benzene rings is 1. The zero-order valence-corrected chi connectivity index (χ0v) is 11.7. The minimum Gasteiger partial charge on any atom is -0.491 e. The van der Waals surface area contributed by atoms with Gasteiger partial charge in [-0.05, 0) is 47.1 Å². The molecule has 1 aromatic carbocycles. The number of rotatable bonds is 4. The van der Waals surface area contributed by atoms with E-state index in [-0.39, 0.29) is 11.5 Å². The summed E-state index contributed by atoms with van der Waals surface area (Å²) in [5, 5.41) is 2.53. The van der Waals surface area contributed by atoms with Crippen molar-refractivity contribution in [3.05, 3.63) is 46.6 Å². The number of carbonyl (C=O) groups excluding carboxylic acids is 1. The third-order valence-corrected chi connectivity index (χ3v) is 2.71. The monoisotopic (exact) mass is 327 g/mol. The van der Waals surface area contributed by atoms with Crippen LogP contribution < -0.4 is 10.1 Å². The smallest absolute Gasteiger partial charge is 0.291 e. The molecule has 0 fully saturated rings. The van der Waals surface area contributed by atoms with Crippen molar-refractivity contribution in [2.45, 2.75) is 6.92 Å². The van der Waals surface area contributed by atoms with Crippen LogP contribution in [0.4, 0.5) is 10.1 Å². The van der Waals surface area contributed by atoms with Gasteiger partial charge in [0, 0.05) is 11.8 Å². The summed E-state index contributed by atoms with van der Waals surface area (Å²) < 4.78 is 24.2. The van der Waals surface area contributed by atoms with E-state index in [0.717, 1.165) is 0 Å². The van der Waals surface area contributed by atoms with Crippen LogP contribution in [0.5, 0.6) is 5.75 Å². The first kappa shape index (κ1) is 13.6. The first-order chi connectivity index (χ1) is 9.10. The van der Waals surface area contributed by atoms with E-state index in [2.05, 4.69) is 21.2 Å². The number of carbonyl (C=O) groups is 1. The van der Waals surface area contributed by atoms with Crippen LogP contribution in [0.2, 0.25) is 0 Å². The lowest BCUT2D eigenvalue weighted by atomic mass is 10.2. The van der Waals surface area contributed by atoms with Crippen molar-refractivity contribution in [2.75, 3.05) is 11.9 Å². The van der Waals surface area contributed by atoms with Gasteiger partial charge < -0.3 is 14.5 Å². The highest BCUT2D eigenvalue weighted by Gasteiger charge is 2.12. The third kappa shape index (κ3) is 3.35. The lowest BCUT2D eigenvalue weighted by Crippen LogP contribution is -2.11. The predicted octanol–water partition coefficient (Wildman–Crippen LogP) is 3.83. The van der Waals surface area contributed by atoms with E-state index in [9.17, 15) is 9.18 Å². The second-order valence-electron chi connectivity index (χ2n) is 3.64. The molecule has 19 heavy (non-hydrogen) atoms. The van der Waals surface area contributed by atoms with Crippen molar-refractivity contribution in [1.82, 2.24) is 0 Å². The van der Waals surface area contributed by atoms with Crippen LogP contribution in [-0.4, -0.2) is 12.5 Å². The summed E-state index contributed by atoms with van der Waals surface area (Å²) in [5.41, 5.74) is 0.332. The molecule has 0 spiro atoms. The highest BCUT2D eigenvalue weighted by Crippen LogP contribution is 2.22. The average Bonchev–Trinajstić information content (AvgIpc) is 2.80. The maximum absolute atomic E-state index is 13.6. The Morgan fingerprint density at radius 3 is 2.79 bits per heavy atom. The van der Waals surface area contributed by atoms with Gasteiger partial charge in [-0.15, -0.1) is 0 Å². The highest BCUT2D eigenvalue weighted by molar-refractivity contribution is 9.10. The molecule has 0 bridgehead atoms. The molecule has 1 N–H and O–H groups in total. The maximum Gasteiger partial charge on any atom is 0.291 e. The summed E-state index contributed by atoms with van der Waals surface area (Å²) in [6, 6.07) is 7.34. The van der Waals surface area contributed by atoms with E-state index >= 15 is 0 Å². The largest absolute Gasteiger partial charge is 0.491 e. The standard InChI is InChI=1S/C13H11BrFNO3/c1-2-18-10-4-3-8(7-9(10)15)16-13(17)11-5-6-12(14)19-11/h3-7H,2H2,1H3,(H,16,17). The molecule has 0 aliphatic rings. The Bertz CT molecular complexity index is 597. The first-order valence-electron chi connectivity index (χ1n) is 5.59. The van der Waals surface area contributed by atoms with Crippen molar-refractivity contribution in [2.24, 2.45) is 0 Å². The molecule has 0 aliphatic heterocycles. The van der Waals surface area contributed by atoms with Crippen LogP contribution in [0, 0.1) is 5.82 Å². The number of furan rings is 1. The van der Waals surface area contributed by atoms with Crippen LogP contribution in [-0.2, 0) is 0 Å². The Morgan fingerprint density at radius 2 is 2.21 bits per heavy atom. The van der Waals surface area contributed by atoms with Crippen molar-refractivity contribution in [3.8, 4) is 5.75 Å². The van der Waals surface area contributed by atoms with E-state index in [1.54, 1.807) is 19.1 Å². The van der Waals surface area contributed by atoms with E-state index in [1.807, 2.05) is 0 Å². The zero-order valence-electron chi connectivity index (χ0n) is 10.1. The van der Waals surface area contributed by atoms with Crippen molar-refractivity contribution < 1.29 is 18.3 Å². The normalized spacial score (nSPS) is 10.3. The molecule has 2 aromatic rings. The summed E-state index contributed by atoms with van der Waals surface area (Å²) >= 11 is 3.10. The molecule has 4 nitrogen and oxygen atoms in total. The fourth-order valence-electron chi connectivity index (χ4n) is 1.48. The predicted molar refractivity (Wildman–Crippen MR) is 71.9 cm³/mol. The summed E-state index contributed by atoms with van der Waals surface area (Å²) in [6.07, 6.45) is 0. The molecule has 0 saturated heterocycles. The number of ether oxygens (including phenoxy) is 1. The molecule has 100 valence electrons. The summed E-state index contributed by atoms with van der Waals surface area (Å²) in [6.45, 7) is 2.15. The van der Waals surface area contributed by atoms with Crippen LogP contribution in [0.3, 0.4) is 0 Å². The van der Waals surface area contributed by atoms with Crippen LogP contribution in [0.15, 0.2) is 39.4 Å². The summed E-state index contributed by atoms with van der Waals surface area (Å²) in [7, 11) is 0. The van der Waals surface area contributed by atoms with E-state index in [0.29, 0.717) is 17.0 Å². The summed E-state index contributed by atoms with van der Waals surface area (Å²) in [5.74, 6) is -0.683. The second kappa shape index (κ2) is 5.88. The molecular formula is C13H11BrFNO3. The number of nitrogens with one attached hydrogen (secondary N) is 1. The van der Waals surface area contributed by atoms with Crippen LogP contribution in [0.1, 0.15) is 17.5 Å². The molecule has 1 heterocycles. The fourth-order valence-corrected chi connectivity index (χ4v) is 1.79. The molecule has 1 aromatic heterocycles. The molecular weight excluding hydrogens is 317 g/mol. The van der Waals surface area contributed by atoms with Gasteiger partial charge in [0.15, 0.2) is 22.0 Å². The molecule has 0 unspecified atom stereocenters. The Balaban J connectivity index is 2.11. The van der Waals surface area contributed by atoms with Gasteiger partial charge in [0.25, 0.3) is 5.91 Å². The Kier molecular flexibility index (Phi) is 4.21. The van der Waals surface area contributed by atoms with Crippen LogP contribution in [0.25, 0.3) is 0 Å². The molecule has 0 aliphatic carbocycles. The lowest BCUT2D eigenvalue weighted by molar-refractivity contribution is 0.0995. The quantitative estimate of drug-likeness (QED) is 0.928. The Morgan fingerprint density at radius 1 is 1.42 bits per heavy atom. The molecule has 1 amide bonds. The minimum atomic E-state index is -0.528. The van der Waals surface area contributed by atoms with Gasteiger partial charge in [0.2, 0.25) is 0 Å². The van der Waals surface area contributed by atoms with E-state index in [4.69, 9.17) is 9.15 Å². The molecule has 0 saturated carbocycles. The Hall–Kier alpha value is -1.82. The number of hydrogen-bond donors (Lipinski definition) is 1. The van der Waals surface area contributed by atoms with Gasteiger partial charge in [-0.3, -0.25) is 4.79 Å². The van der Waals surface area contributed by atoms with E-state index < -0.39 is 11.7 Å². The van der Waals surface area contributed by atoms with Crippen molar-refractivity contribution >= 4 is 27.5 Å². The highest BCUT2D eigenvalue weighted by atomic mass is 79.9. The number of halogens is 2. The van der Waals surface area contributed by atoms with Gasteiger partial charge >= 0.3 is 0 Å². The molecule has 0 atom stereocenters. The number of hydrogen-bond acceptors (Lipinski definition) is 3. The molecule has 6 heteroatoms. The third-order valence-electron chi connectivity index (χ3n) is 2.29. The minimum absolute atomic E-state index is 0.140. The first-order valence-corrected chi connectivity index (χ1v) is 6.38. The molecule has 0 radical (unpaired) electrons. The fraction of sp³-hybridized carbons (Fsp3) is 0.154. The lowest BCUT2D eigenvalue weighted by Gasteiger charge is -2.07. The van der Waals surface area contributed by atoms with Gasteiger partial charge in [-0.25, -0.2) is 4.39 Å². The number of anilines is 1. The van der Waals surface area contributed by atoms with Crippen molar-refractivity contribution in [1.29, 1.82) is 0 Å².